The molecule has 0 radical (unpaired) electrons. The van der Waals surface area contributed by atoms with Gasteiger partial charge in [-0.2, -0.15) is 4.98 Å². The topological polar surface area (TPSA) is 73.8 Å². The molecule has 6 nitrogen and oxygen atoms in total. The molecule has 2 heterocycles. The van der Waals surface area contributed by atoms with Crippen LogP contribution >= 0.6 is 22.6 Å². The fourth-order valence-corrected chi connectivity index (χ4v) is 1.42. The van der Waals surface area contributed by atoms with Gasteiger partial charge in [0.25, 0.3) is 5.56 Å². The molecule has 0 saturated heterocycles. The maximum atomic E-state index is 11.5. The highest BCUT2D eigenvalue weighted by molar-refractivity contribution is 14.1. The molecule has 0 atom stereocenters. The zero-order chi connectivity index (χ0) is 9.97. The van der Waals surface area contributed by atoms with E-state index in [1.54, 1.807) is 0 Å². The summed E-state index contributed by atoms with van der Waals surface area (Å²) in [7, 11) is 0. The van der Waals surface area contributed by atoms with Gasteiger partial charge in [0.2, 0.25) is 6.39 Å². The lowest BCUT2D eigenvalue weighted by molar-refractivity contribution is 0.407. The summed E-state index contributed by atoms with van der Waals surface area (Å²) in [6, 6.07) is 0. The maximum Gasteiger partial charge on any atom is 0.267 e. The first-order valence-electron chi connectivity index (χ1n) is 3.72. The SMILES string of the molecule is O=c1c(I)cncn1Cc1ncon1. The average Bonchev–Trinajstić information content (AvgIpc) is 2.66. The Kier molecular flexibility index (Phi) is 2.57. The van der Waals surface area contributed by atoms with Crippen LogP contribution in [0, 0.1) is 3.57 Å². The van der Waals surface area contributed by atoms with Crippen LogP contribution in [-0.2, 0) is 6.54 Å². The van der Waals surface area contributed by atoms with E-state index in [1.165, 1.54) is 23.5 Å². The number of hydrogen-bond acceptors (Lipinski definition) is 5. The van der Waals surface area contributed by atoms with E-state index in [2.05, 4.69) is 19.6 Å². The molecule has 2 rings (SSSR count). The normalized spacial score (nSPS) is 10.4. The van der Waals surface area contributed by atoms with Crippen LogP contribution in [0.3, 0.4) is 0 Å². The summed E-state index contributed by atoms with van der Waals surface area (Å²) in [5.74, 6) is 0.455. The van der Waals surface area contributed by atoms with Crippen LogP contribution < -0.4 is 5.56 Å². The standard InChI is InChI=1S/C7H5IN4O2/c8-5-1-9-3-12(7(5)13)2-6-10-4-14-11-6/h1,3-4H,2H2. The third-order valence-electron chi connectivity index (χ3n) is 1.58. The lowest BCUT2D eigenvalue weighted by Gasteiger charge is -2.00. The van der Waals surface area contributed by atoms with E-state index in [4.69, 9.17) is 0 Å². The number of aromatic nitrogens is 4. The summed E-state index contributed by atoms with van der Waals surface area (Å²) in [5, 5.41) is 3.61. The Morgan fingerprint density at radius 3 is 3.14 bits per heavy atom. The van der Waals surface area contributed by atoms with Gasteiger partial charge in [-0.3, -0.25) is 9.36 Å². The van der Waals surface area contributed by atoms with E-state index in [0.29, 0.717) is 9.39 Å². The average molecular weight is 304 g/mol. The summed E-state index contributed by atoms with van der Waals surface area (Å²) < 4.78 is 6.54. The largest absolute Gasteiger partial charge is 0.343 e. The lowest BCUT2D eigenvalue weighted by atomic mass is 10.5. The highest BCUT2D eigenvalue weighted by atomic mass is 127. The third-order valence-corrected chi connectivity index (χ3v) is 2.32. The molecule has 7 heteroatoms. The second-order valence-corrected chi connectivity index (χ2v) is 3.68. The highest BCUT2D eigenvalue weighted by Gasteiger charge is 2.04. The van der Waals surface area contributed by atoms with Crippen LogP contribution in [0.4, 0.5) is 0 Å². The van der Waals surface area contributed by atoms with Crippen molar-refractivity contribution in [2.75, 3.05) is 0 Å². The van der Waals surface area contributed by atoms with Crippen molar-refractivity contribution >= 4 is 22.6 Å². The summed E-state index contributed by atoms with van der Waals surface area (Å²) in [6.45, 7) is 0.277. The molecule has 0 amide bonds. The smallest absolute Gasteiger partial charge is 0.267 e. The van der Waals surface area contributed by atoms with E-state index in [9.17, 15) is 4.79 Å². The van der Waals surface area contributed by atoms with Crippen molar-refractivity contribution in [3.63, 3.8) is 0 Å². The lowest BCUT2D eigenvalue weighted by Crippen LogP contribution is -2.23. The monoisotopic (exact) mass is 304 g/mol. The number of nitrogens with zero attached hydrogens (tertiary/aromatic N) is 4. The minimum atomic E-state index is -0.106. The minimum absolute atomic E-state index is 0.106. The van der Waals surface area contributed by atoms with Gasteiger partial charge in [-0.15, -0.1) is 0 Å². The van der Waals surface area contributed by atoms with Crippen molar-refractivity contribution in [3.8, 4) is 0 Å². The fraction of sp³-hybridized carbons (Fsp3) is 0.143. The van der Waals surface area contributed by atoms with E-state index in [0.717, 1.165) is 0 Å². The first kappa shape index (κ1) is 9.31. The molecule has 0 fully saturated rings. The Bertz CT molecular complexity index is 479. The third kappa shape index (κ3) is 1.81. The van der Waals surface area contributed by atoms with Gasteiger partial charge in [-0.1, -0.05) is 5.16 Å². The van der Waals surface area contributed by atoms with Gasteiger partial charge in [0.15, 0.2) is 5.82 Å². The number of hydrogen-bond donors (Lipinski definition) is 0. The van der Waals surface area contributed by atoms with Crippen molar-refractivity contribution < 1.29 is 4.52 Å². The molecule has 72 valence electrons. The molecule has 0 spiro atoms. The Hall–Kier alpha value is -1.25. The van der Waals surface area contributed by atoms with Crippen molar-refractivity contribution in [2.45, 2.75) is 6.54 Å². The Morgan fingerprint density at radius 1 is 1.57 bits per heavy atom. The second kappa shape index (κ2) is 3.86. The molecular formula is C7H5IN4O2. The van der Waals surface area contributed by atoms with Crippen molar-refractivity contribution in [3.05, 3.63) is 38.7 Å². The van der Waals surface area contributed by atoms with Crippen LogP contribution in [0.25, 0.3) is 0 Å². The molecule has 2 aromatic rings. The van der Waals surface area contributed by atoms with E-state index >= 15 is 0 Å². The second-order valence-electron chi connectivity index (χ2n) is 2.52. The van der Waals surface area contributed by atoms with Gasteiger partial charge in [-0.25, -0.2) is 4.98 Å². The van der Waals surface area contributed by atoms with E-state index in [1.807, 2.05) is 22.6 Å². The van der Waals surface area contributed by atoms with Crippen LogP contribution in [0.5, 0.6) is 0 Å². The summed E-state index contributed by atoms with van der Waals surface area (Å²) in [6.07, 6.45) is 4.18. The van der Waals surface area contributed by atoms with Gasteiger partial charge in [0.1, 0.15) is 0 Å². The summed E-state index contributed by atoms with van der Waals surface area (Å²) >= 11 is 1.93. The van der Waals surface area contributed by atoms with Crippen molar-refractivity contribution in [1.82, 2.24) is 19.7 Å². The first-order chi connectivity index (χ1) is 6.77. The van der Waals surface area contributed by atoms with Gasteiger partial charge >= 0.3 is 0 Å². The quantitative estimate of drug-likeness (QED) is 0.745. The minimum Gasteiger partial charge on any atom is -0.343 e. The Labute approximate surface area is 92.1 Å². The molecule has 0 unspecified atom stereocenters. The van der Waals surface area contributed by atoms with E-state index in [-0.39, 0.29) is 12.1 Å². The zero-order valence-electron chi connectivity index (χ0n) is 6.92. The molecule has 14 heavy (non-hydrogen) atoms. The number of halogens is 1. The molecule has 0 aliphatic carbocycles. The Morgan fingerprint density at radius 2 is 2.43 bits per heavy atom. The summed E-state index contributed by atoms with van der Waals surface area (Å²) in [4.78, 5) is 19.2. The van der Waals surface area contributed by atoms with Crippen LogP contribution in [0.2, 0.25) is 0 Å². The van der Waals surface area contributed by atoms with Crippen molar-refractivity contribution in [2.24, 2.45) is 0 Å². The summed E-state index contributed by atoms with van der Waals surface area (Å²) in [5.41, 5.74) is -0.106. The molecule has 0 N–H and O–H groups in total. The zero-order valence-corrected chi connectivity index (χ0v) is 9.08. The van der Waals surface area contributed by atoms with Crippen LogP contribution in [0.15, 0.2) is 28.2 Å². The van der Waals surface area contributed by atoms with Gasteiger partial charge < -0.3 is 4.52 Å². The van der Waals surface area contributed by atoms with Gasteiger partial charge in [0.05, 0.1) is 16.4 Å². The van der Waals surface area contributed by atoms with Crippen molar-refractivity contribution in [1.29, 1.82) is 0 Å². The van der Waals surface area contributed by atoms with Crippen LogP contribution in [0.1, 0.15) is 5.82 Å². The van der Waals surface area contributed by atoms with Gasteiger partial charge in [-0.05, 0) is 22.6 Å². The first-order valence-corrected chi connectivity index (χ1v) is 4.80. The molecule has 0 aromatic carbocycles. The fourth-order valence-electron chi connectivity index (χ4n) is 0.951. The maximum absolute atomic E-state index is 11.5. The predicted octanol–water partition coefficient (Wildman–Crippen LogP) is 0.279. The van der Waals surface area contributed by atoms with Crippen LogP contribution in [-0.4, -0.2) is 19.7 Å². The number of rotatable bonds is 2. The predicted molar refractivity (Wildman–Crippen MR) is 54.6 cm³/mol. The van der Waals surface area contributed by atoms with Gasteiger partial charge in [0, 0.05) is 6.20 Å². The molecule has 0 aliphatic rings. The molecule has 2 aromatic heterocycles. The molecule has 0 saturated carbocycles. The molecule has 0 aliphatic heterocycles. The highest BCUT2D eigenvalue weighted by Crippen LogP contribution is 1.95. The molecule has 0 bridgehead atoms. The molecular weight excluding hydrogens is 299 g/mol. The Balaban J connectivity index is 2.34. The van der Waals surface area contributed by atoms with E-state index < -0.39 is 0 Å².